The predicted octanol–water partition coefficient (Wildman–Crippen LogP) is 2.58. The second kappa shape index (κ2) is 5.22. The topological polar surface area (TPSA) is 24.4 Å². The largest absolute Gasteiger partial charge is 0.351 e. The summed E-state index contributed by atoms with van der Waals surface area (Å²) in [6.07, 6.45) is 11.7. The summed E-state index contributed by atoms with van der Waals surface area (Å²) in [7, 11) is 0. The van der Waals surface area contributed by atoms with Crippen LogP contribution in [0.5, 0.6) is 0 Å². The molecule has 1 N–H and O–H groups in total. The van der Waals surface area contributed by atoms with Crippen LogP contribution in [0, 0.1) is 0 Å². The summed E-state index contributed by atoms with van der Waals surface area (Å²) in [5.74, 6) is 0. The molecule has 0 saturated heterocycles. The van der Waals surface area contributed by atoms with Gasteiger partial charge in [-0.15, -0.1) is 0 Å². The van der Waals surface area contributed by atoms with Crippen molar-refractivity contribution in [3.63, 3.8) is 0 Å². The van der Waals surface area contributed by atoms with Gasteiger partial charge >= 0.3 is 0 Å². The van der Waals surface area contributed by atoms with Crippen LogP contribution in [0.3, 0.4) is 0 Å². The van der Waals surface area contributed by atoms with Crippen molar-refractivity contribution in [1.82, 2.24) is 5.32 Å². The van der Waals surface area contributed by atoms with E-state index in [-0.39, 0.29) is 6.04 Å². The zero-order chi connectivity index (χ0) is 10.4. The highest BCUT2D eigenvalue weighted by molar-refractivity contribution is 5.61. The molecule has 0 fully saturated rings. The van der Waals surface area contributed by atoms with Crippen molar-refractivity contribution in [2.75, 3.05) is 0 Å². The zero-order valence-electron chi connectivity index (χ0n) is 8.70. The maximum absolute atomic E-state index is 4.27. The van der Waals surface area contributed by atoms with Crippen LogP contribution < -0.4 is 5.32 Å². The quantitative estimate of drug-likeness (QED) is 0.676. The molecule has 1 atom stereocenters. The van der Waals surface area contributed by atoms with Crippen LogP contribution in [0.1, 0.15) is 13.8 Å². The van der Waals surface area contributed by atoms with Gasteiger partial charge in [0.15, 0.2) is 0 Å². The molecule has 0 aromatic heterocycles. The molecule has 2 heteroatoms. The normalized spacial score (nSPS) is 21.3. The van der Waals surface area contributed by atoms with Crippen LogP contribution >= 0.6 is 0 Å². The minimum atomic E-state index is 0.0813. The van der Waals surface area contributed by atoms with Crippen LogP contribution in [-0.2, 0) is 0 Å². The standard InChI is InChI=1S/C12H16N2/c1-4-5-6-7-10(2)12-8-11(3)13-9-14-12/h4-9,12H,2H2,1,3H3,(H,13,14)/b5-4-,7-6-. The molecule has 1 aliphatic rings. The summed E-state index contributed by atoms with van der Waals surface area (Å²) in [6.45, 7) is 7.98. The van der Waals surface area contributed by atoms with E-state index in [4.69, 9.17) is 0 Å². The molecular weight excluding hydrogens is 172 g/mol. The summed E-state index contributed by atoms with van der Waals surface area (Å²) in [6, 6.07) is 0.0813. The Morgan fingerprint density at radius 1 is 1.57 bits per heavy atom. The molecule has 0 saturated carbocycles. The Hall–Kier alpha value is -1.57. The number of rotatable bonds is 3. The van der Waals surface area contributed by atoms with Gasteiger partial charge in [-0.25, -0.2) is 0 Å². The molecule has 2 nitrogen and oxygen atoms in total. The Labute approximate surface area is 85.4 Å². The van der Waals surface area contributed by atoms with Crippen LogP contribution in [0.4, 0.5) is 0 Å². The zero-order valence-corrected chi connectivity index (χ0v) is 8.70. The van der Waals surface area contributed by atoms with E-state index in [9.17, 15) is 0 Å². The molecule has 0 radical (unpaired) electrons. The average molecular weight is 188 g/mol. The summed E-state index contributed by atoms with van der Waals surface area (Å²) >= 11 is 0. The highest BCUT2D eigenvalue weighted by atomic mass is 15.0. The third-order valence-corrected chi connectivity index (χ3v) is 1.93. The fourth-order valence-corrected chi connectivity index (χ4v) is 1.14. The Balaban J connectivity index is 2.61. The molecule has 14 heavy (non-hydrogen) atoms. The molecule has 1 unspecified atom stereocenters. The first-order chi connectivity index (χ1) is 6.74. The Bertz CT molecular complexity index is 319. The van der Waals surface area contributed by atoms with E-state index >= 15 is 0 Å². The molecule has 1 rings (SSSR count). The van der Waals surface area contributed by atoms with E-state index < -0.39 is 0 Å². The van der Waals surface area contributed by atoms with Crippen LogP contribution in [0.2, 0.25) is 0 Å². The summed E-state index contributed by atoms with van der Waals surface area (Å²) in [4.78, 5) is 4.27. The average Bonchev–Trinajstić information content (AvgIpc) is 2.18. The minimum absolute atomic E-state index is 0.0813. The molecule has 0 spiro atoms. The van der Waals surface area contributed by atoms with Crippen molar-refractivity contribution in [3.8, 4) is 0 Å². The smallest absolute Gasteiger partial charge is 0.0961 e. The number of aliphatic imine (C=N–C) groups is 1. The van der Waals surface area contributed by atoms with E-state index in [0.717, 1.165) is 11.3 Å². The lowest BCUT2D eigenvalue weighted by Crippen LogP contribution is -2.19. The maximum Gasteiger partial charge on any atom is 0.0961 e. The first kappa shape index (κ1) is 10.5. The lowest BCUT2D eigenvalue weighted by atomic mass is 10.1. The molecule has 0 aliphatic carbocycles. The highest BCUT2D eigenvalue weighted by Gasteiger charge is 2.07. The lowest BCUT2D eigenvalue weighted by molar-refractivity contribution is 0.912. The molecule has 0 aromatic carbocycles. The van der Waals surface area contributed by atoms with Crippen molar-refractivity contribution in [2.24, 2.45) is 4.99 Å². The molecular formula is C12H16N2. The maximum atomic E-state index is 4.27. The van der Waals surface area contributed by atoms with Crippen molar-refractivity contribution >= 4 is 6.34 Å². The third kappa shape index (κ3) is 3.05. The lowest BCUT2D eigenvalue weighted by Gasteiger charge is -2.14. The number of allylic oxidation sites excluding steroid dienone is 4. The van der Waals surface area contributed by atoms with Crippen molar-refractivity contribution in [1.29, 1.82) is 0 Å². The van der Waals surface area contributed by atoms with Gasteiger partial charge in [-0.3, -0.25) is 4.99 Å². The van der Waals surface area contributed by atoms with Crippen molar-refractivity contribution < 1.29 is 0 Å². The SMILES string of the molecule is C=C(/C=C\C=C/C)C1C=C(C)NC=N1. The van der Waals surface area contributed by atoms with E-state index in [2.05, 4.69) is 23.0 Å². The highest BCUT2D eigenvalue weighted by Crippen LogP contribution is 2.11. The molecule has 0 bridgehead atoms. The number of hydrogen-bond donors (Lipinski definition) is 1. The Kier molecular flexibility index (Phi) is 3.92. The first-order valence-electron chi connectivity index (χ1n) is 4.69. The molecule has 1 heterocycles. The van der Waals surface area contributed by atoms with E-state index in [0.29, 0.717) is 0 Å². The van der Waals surface area contributed by atoms with Gasteiger partial charge in [0.05, 0.1) is 12.4 Å². The summed E-state index contributed by atoms with van der Waals surface area (Å²) in [5.41, 5.74) is 2.12. The predicted molar refractivity (Wildman–Crippen MR) is 62.3 cm³/mol. The number of nitrogens with one attached hydrogen (secondary N) is 1. The van der Waals surface area contributed by atoms with Gasteiger partial charge in [-0.05, 0) is 25.5 Å². The second-order valence-electron chi connectivity index (χ2n) is 3.18. The van der Waals surface area contributed by atoms with Crippen molar-refractivity contribution in [3.05, 3.63) is 48.2 Å². The van der Waals surface area contributed by atoms with E-state index in [1.165, 1.54) is 0 Å². The first-order valence-corrected chi connectivity index (χ1v) is 4.69. The van der Waals surface area contributed by atoms with Crippen molar-refractivity contribution in [2.45, 2.75) is 19.9 Å². The van der Waals surface area contributed by atoms with E-state index in [1.807, 2.05) is 38.2 Å². The molecule has 0 amide bonds. The van der Waals surface area contributed by atoms with Gasteiger partial charge in [0.25, 0.3) is 0 Å². The van der Waals surface area contributed by atoms with Gasteiger partial charge in [-0.2, -0.15) is 0 Å². The monoisotopic (exact) mass is 188 g/mol. The van der Waals surface area contributed by atoms with Crippen LogP contribution in [0.15, 0.2) is 53.2 Å². The number of nitrogens with zero attached hydrogens (tertiary/aromatic N) is 1. The second-order valence-corrected chi connectivity index (χ2v) is 3.18. The van der Waals surface area contributed by atoms with Gasteiger partial charge in [0.2, 0.25) is 0 Å². The molecule has 74 valence electrons. The minimum Gasteiger partial charge on any atom is -0.351 e. The van der Waals surface area contributed by atoms with E-state index in [1.54, 1.807) is 6.34 Å². The van der Waals surface area contributed by atoms with Gasteiger partial charge in [-0.1, -0.05) is 30.9 Å². The number of hydrogen-bond acceptors (Lipinski definition) is 2. The fourth-order valence-electron chi connectivity index (χ4n) is 1.14. The summed E-state index contributed by atoms with van der Waals surface area (Å²) in [5, 5.41) is 3.02. The summed E-state index contributed by atoms with van der Waals surface area (Å²) < 4.78 is 0. The Morgan fingerprint density at radius 2 is 2.36 bits per heavy atom. The van der Waals surface area contributed by atoms with Gasteiger partial charge < -0.3 is 5.32 Å². The molecule has 0 aromatic rings. The van der Waals surface area contributed by atoms with Crippen LogP contribution in [-0.4, -0.2) is 12.4 Å². The third-order valence-electron chi connectivity index (χ3n) is 1.93. The molecule has 1 aliphatic heterocycles. The van der Waals surface area contributed by atoms with Gasteiger partial charge in [0.1, 0.15) is 0 Å². The van der Waals surface area contributed by atoms with Gasteiger partial charge in [0, 0.05) is 5.70 Å². The fraction of sp³-hybridized carbons (Fsp3) is 0.250. The van der Waals surface area contributed by atoms with Crippen LogP contribution in [0.25, 0.3) is 0 Å². The Morgan fingerprint density at radius 3 is 3.00 bits per heavy atom.